The number of methoxy groups -OCH3 is 1. The molecule has 1 aliphatic heterocycles. The minimum absolute atomic E-state index is 0.249. The van der Waals surface area contributed by atoms with Crippen molar-refractivity contribution >= 4 is 11.6 Å². The van der Waals surface area contributed by atoms with Crippen LogP contribution in [-0.4, -0.2) is 59.2 Å². The van der Waals surface area contributed by atoms with Crippen LogP contribution in [-0.2, 0) is 6.54 Å². The minimum atomic E-state index is -0.311. The predicted octanol–water partition coefficient (Wildman–Crippen LogP) is 4.73. The highest BCUT2D eigenvalue weighted by atomic mass is 16.5. The third-order valence-electron chi connectivity index (χ3n) is 6.59. The number of hydrogen-bond donors (Lipinski definition) is 1. The number of carbonyl (C=O) groups excluding carboxylic acids is 1. The van der Waals surface area contributed by atoms with Gasteiger partial charge in [0.1, 0.15) is 17.6 Å². The standard InChI is InChI=1S/C29H31N5O3/c1-33-17-15-26(16-18-33)37-25-13-9-22(10-14-25)21-7-11-24(12-8-21)30-29(35)27-20-34(32-31-27)19-23-5-3-4-6-28(23)36-2/h3-14,20,26H,15-19H2,1-2H3,(H,30,35). The fraction of sp³-hybridized carbons (Fsp3) is 0.276. The molecular formula is C29H31N5O3. The molecule has 4 aromatic rings. The average molecular weight is 498 g/mol. The van der Waals surface area contributed by atoms with E-state index < -0.39 is 0 Å². The summed E-state index contributed by atoms with van der Waals surface area (Å²) in [5, 5.41) is 11.0. The highest BCUT2D eigenvalue weighted by Crippen LogP contribution is 2.26. The maximum absolute atomic E-state index is 12.7. The van der Waals surface area contributed by atoms with Gasteiger partial charge in [-0.15, -0.1) is 5.10 Å². The molecule has 0 spiro atoms. The van der Waals surface area contributed by atoms with E-state index in [1.165, 1.54) is 0 Å². The molecule has 1 fully saturated rings. The van der Waals surface area contributed by atoms with Crippen molar-refractivity contribution in [3.63, 3.8) is 0 Å². The monoisotopic (exact) mass is 497 g/mol. The first-order chi connectivity index (χ1) is 18.1. The van der Waals surface area contributed by atoms with Crippen LogP contribution in [0.2, 0.25) is 0 Å². The lowest BCUT2D eigenvalue weighted by molar-refractivity contribution is 0.102. The fourth-order valence-electron chi connectivity index (χ4n) is 4.45. The van der Waals surface area contributed by atoms with Gasteiger partial charge in [-0.2, -0.15) is 0 Å². The minimum Gasteiger partial charge on any atom is -0.496 e. The highest BCUT2D eigenvalue weighted by Gasteiger charge is 2.18. The van der Waals surface area contributed by atoms with Crippen LogP contribution in [0.3, 0.4) is 0 Å². The summed E-state index contributed by atoms with van der Waals surface area (Å²) in [5.74, 6) is 1.36. The molecule has 0 atom stereocenters. The Morgan fingerprint density at radius 2 is 1.65 bits per heavy atom. The Labute approximate surface area is 216 Å². The van der Waals surface area contributed by atoms with Crippen LogP contribution in [0.5, 0.6) is 11.5 Å². The first-order valence-corrected chi connectivity index (χ1v) is 12.5. The maximum atomic E-state index is 12.7. The molecule has 5 rings (SSSR count). The van der Waals surface area contributed by atoms with Gasteiger partial charge in [0.05, 0.1) is 19.9 Å². The highest BCUT2D eigenvalue weighted by molar-refractivity contribution is 6.02. The van der Waals surface area contributed by atoms with Crippen LogP contribution in [0.4, 0.5) is 5.69 Å². The molecule has 8 heteroatoms. The summed E-state index contributed by atoms with van der Waals surface area (Å²) in [4.78, 5) is 15.0. The third-order valence-corrected chi connectivity index (χ3v) is 6.59. The van der Waals surface area contributed by atoms with Crippen LogP contribution in [0, 0.1) is 0 Å². The number of benzene rings is 3. The predicted molar refractivity (Wildman–Crippen MR) is 143 cm³/mol. The van der Waals surface area contributed by atoms with Crippen molar-refractivity contribution in [1.29, 1.82) is 0 Å². The van der Waals surface area contributed by atoms with Crippen LogP contribution in [0.1, 0.15) is 28.9 Å². The summed E-state index contributed by atoms with van der Waals surface area (Å²) in [6, 6.07) is 23.6. The molecule has 0 bridgehead atoms. The topological polar surface area (TPSA) is 81.5 Å². The number of ether oxygens (including phenoxy) is 2. The molecule has 1 aliphatic rings. The number of nitrogens with zero attached hydrogens (tertiary/aromatic N) is 4. The molecule has 0 radical (unpaired) electrons. The van der Waals surface area contributed by atoms with E-state index in [0.717, 1.165) is 54.1 Å². The second-order valence-electron chi connectivity index (χ2n) is 9.29. The summed E-state index contributed by atoms with van der Waals surface area (Å²) in [6.45, 7) is 2.61. The van der Waals surface area contributed by atoms with Gasteiger partial charge in [0.25, 0.3) is 5.91 Å². The van der Waals surface area contributed by atoms with Crippen LogP contribution in [0.15, 0.2) is 79.0 Å². The van der Waals surface area contributed by atoms with E-state index in [-0.39, 0.29) is 17.7 Å². The number of piperidine rings is 1. The van der Waals surface area contributed by atoms with Crippen molar-refractivity contribution in [2.45, 2.75) is 25.5 Å². The van der Waals surface area contributed by atoms with Crippen molar-refractivity contribution in [3.8, 4) is 22.6 Å². The van der Waals surface area contributed by atoms with Crippen molar-refractivity contribution in [1.82, 2.24) is 19.9 Å². The number of para-hydroxylation sites is 1. The summed E-state index contributed by atoms with van der Waals surface area (Å²) in [7, 11) is 3.78. The maximum Gasteiger partial charge on any atom is 0.277 e. The van der Waals surface area contributed by atoms with Crippen LogP contribution >= 0.6 is 0 Å². The molecule has 0 unspecified atom stereocenters. The van der Waals surface area contributed by atoms with E-state index in [9.17, 15) is 4.79 Å². The first-order valence-electron chi connectivity index (χ1n) is 12.5. The van der Waals surface area contributed by atoms with Gasteiger partial charge in [0.15, 0.2) is 5.69 Å². The second kappa shape index (κ2) is 11.3. The van der Waals surface area contributed by atoms with Gasteiger partial charge in [-0.3, -0.25) is 4.79 Å². The molecule has 1 aromatic heterocycles. The van der Waals surface area contributed by atoms with Crippen molar-refractivity contribution in [3.05, 3.63) is 90.3 Å². The molecule has 37 heavy (non-hydrogen) atoms. The SMILES string of the molecule is COc1ccccc1Cn1cc(C(=O)Nc2ccc(-c3ccc(OC4CCN(C)CC4)cc3)cc2)nn1. The van der Waals surface area contributed by atoms with Gasteiger partial charge >= 0.3 is 0 Å². The Morgan fingerprint density at radius 3 is 2.35 bits per heavy atom. The Bertz CT molecular complexity index is 1330. The van der Waals surface area contributed by atoms with E-state index in [1.807, 2.05) is 60.7 Å². The molecule has 1 amide bonds. The third kappa shape index (κ3) is 6.16. The Balaban J connectivity index is 1.17. The van der Waals surface area contributed by atoms with Gasteiger partial charge in [-0.25, -0.2) is 4.68 Å². The quantitative estimate of drug-likeness (QED) is 0.379. The fourth-order valence-corrected chi connectivity index (χ4v) is 4.45. The summed E-state index contributed by atoms with van der Waals surface area (Å²) < 4.78 is 13.2. The van der Waals surface area contributed by atoms with Gasteiger partial charge < -0.3 is 19.7 Å². The number of nitrogens with one attached hydrogen (secondary N) is 1. The Morgan fingerprint density at radius 1 is 0.973 bits per heavy atom. The molecule has 0 aliphatic carbocycles. The molecular weight excluding hydrogens is 466 g/mol. The molecule has 1 saturated heterocycles. The molecule has 2 heterocycles. The smallest absolute Gasteiger partial charge is 0.277 e. The molecule has 8 nitrogen and oxygen atoms in total. The van der Waals surface area contributed by atoms with E-state index in [2.05, 4.69) is 39.7 Å². The lowest BCUT2D eigenvalue weighted by Gasteiger charge is -2.29. The Hall–Kier alpha value is -4.17. The number of likely N-dealkylation sites (tertiary alicyclic amines) is 1. The van der Waals surface area contributed by atoms with Gasteiger partial charge in [0.2, 0.25) is 0 Å². The number of hydrogen-bond acceptors (Lipinski definition) is 6. The zero-order valence-corrected chi connectivity index (χ0v) is 21.1. The zero-order chi connectivity index (χ0) is 25.6. The Kier molecular flexibility index (Phi) is 7.46. The summed E-state index contributed by atoms with van der Waals surface area (Å²) in [5.41, 5.74) is 4.05. The van der Waals surface area contributed by atoms with Crippen molar-refractivity contribution in [2.24, 2.45) is 0 Å². The number of carbonyl (C=O) groups is 1. The van der Waals surface area contributed by atoms with Crippen LogP contribution < -0.4 is 14.8 Å². The van der Waals surface area contributed by atoms with E-state index in [1.54, 1.807) is 18.0 Å². The van der Waals surface area contributed by atoms with Crippen molar-refractivity contribution in [2.75, 3.05) is 32.6 Å². The normalized spacial score (nSPS) is 14.3. The van der Waals surface area contributed by atoms with E-state index in [0.29, 0.717) is 12.2 Å². The number of aromatic nitrogens is 3. The van der Waals surface area contributed by atoms with Crippen LogP contribution in [0.25, 0.3) is 11.1 Å². The second-order valence-corrected chi connectivity index (χ2v) is 9.29. The number of anilines is 1. The average Bonchev–Trinajstić information content (AvgIpc) is 3.40. The van der Waals surface area contributed by atoms with Gasteiger partial charge in [-0.05, 0) is 61.3 Å². The zero-order valence-electron chi connectivity index (χ0n) is 21.1. The molecule has 1 N–H and O–H groups in total. The molecule has 0 saturated carbocycles. The van der Waals surface area contributed by atoms with Gasteiger partial charge in [-0.1, -0.05) is 47.7 Å². The lowest BCUT2D eigenvalue weighted by Crippen LogP contribution is -2.35. The molecule has 3 aromatic carbocycles. The van der Waals surface area contributed by atoms with Crippen molar-refractivity contribution < 1.29 is 14.3 Å². The van der Waals surface area contributed by atoms with E-state index in [4.69, 9.17) is 9.47 Å². The first kappa shape index (κ1) is 24.5. The number of amides is 1. The largest absolute Gasteiger partial charge is 0.496 e. The lowest BCUT2D eigenvalue weighted by atomic mass is 10.0. The van der Waals surface area contributed by atoms with E-state index >= 15 is 0 Å². The number of rotatable bonds is 8. The van der Waals surface area contributed by atoms with Gasteiger partial charge in [0, 0.05) is 24.3 Å². The molecule has 190 valence electrons. The summed E-state index contributed by atoms with van der Waals surface area (Å²) in [6.07, 6.45) is 4.03. The summed E-state index contributed by atoms with van der Waals surface area (Å²) >= 11 is 0.